The second kappa shape index (κ2) is 3.23. The number of ether oxygens (including phenoxy) is 1. The van der Waals surface area contributed by atoms with Crippen molar-refractivity contribution in [3.63, 3.8) is 0 Å². The Morgan fingerprint density at radius 1 is 1.13 bits per heavy atom. The quantitative estimate of drug-likeness (QED) is 0.643. The predicted octanol–water partition coefficient (Wildman–Crippen LogP) is 2.68. The minimum absolute atomic E-state index is 0.239. The molecule has 0 amide bonds. The molecule has 0 atom stereocenters. The summed E-state index contributed by atoms with van der Waals surface area (Å²) in [5.74, 6) is 1.15. The molecule has 2 nitrogen and oxygen atoms in total. The maximum Gasteiger partial charge on any atom is 0.166 e. The van der Waals surface area contributed by atoms with Crippen LogP contribution in [0.1, 0.15) is 30.4 Å². The maximum atomic E-state index is 11.9. The summed E-state index contributed by atoms with van der Waals surface area (Å²) >= 11 is 0. The van der Waals surface area contributed by atoms with Crippen LogP contribution in [0.4, 0.5) is 0 Å². The molecule has 0 aromatic heterocycles. The van der Waals surface area contributed by atoms with E-state index in [1.165, 1.54) is 0 Å². The highest BCUT2D eigenvalue weighted by molar-refractivity contribution is 6.22. The van der Waals surface area contributed by atoms with Gasteiger partial charge in [-0.15, -0.1) is 0 Å². The number of fused-ring (bicyclic) bond motifs is 2. The van der Waals surface area contributed by atoms with Gasteiger partial charge in [0, 0.05) is 12.8 Å². The Balaban J connectivity index is 2.20. The van der Waals surface area contributed by atoms with Gasteiger partial charge in [0.25, 0.3) is 0 Å². The molecule has 1 aliphatic carbocycles. The van der Waals surface area contributed by atoms with Gasteiger partial charge in [0.1, 0.15) is 12.4 Å². The number of carbonyl (C=O) groups excluding carboxylic acids is 1. The van der Waals surface area contributed by atoms with Gasteiger partial charge in [-0.3, -0.25) is 4.79 Å². The molecule has 0 saturated heterocycles. The van der Waals surface area contributed by atoms with Crippen LogP contribution >= 0.6 is 0 Å². The molecule has 0 fully saturated rings. The predicted molar refractivity (Wildman–Crippen MR) is 57.0 cm³/mol. The molecule has 3 rings (SSSR count). The van der Waals surface area contributed by atoms with Gasteiger partial charge < -0.3 is 4.74 Å². The highest BCUT2D eigenvalue weighted by atomic mass is 16.5. The lowest BCUT2D eigenvalue weighted by atomic mass is 9.87. The Bertz CT molecular complexity index is 457. The number of benzene rings is 1. The molecule has 0 radical (unpaired) electrons. The first-order valence-corrected chi connectivity index (χ1v) is 5.33. The molecule has 76 valence electrons. The van der Waals surface area contributed by atoms with E-state index in [0.29, 0.717) is 13.0 Å². The van der Waals surface area contributed by atoms with Crippen molar-refractivity contribution < 1.29 is 9.53 Å². The summed E-state index contributed by atoms with van der Waals surface area (Å²) in [6.45, 7) is 0.613. The van der Waals surface area contributed by atoms with Gasteiger partial charge in [0.2, 0.25) is 0 Å². The number of allylic oxidation sites excluding steroid dienone is 2. The second-order valence-electron chi connectivity index (χ2n) is 4.02. The minimum Gasteiger partial charge on any atom is -0.492 e. The molecule has 0 unspecified atom stereocenters. The summed E-state index contributed by atoms with van der Waals surface area (Å²) in [7, 11) is 0. The highest BCUT2D eigenvalue weighted by Gasteiger charge is 2.27. The largest absolute Gasteiger partial charge is 0.492 e. The van der Waals surface area contributed by atoms with Gasteiger partial charge in [-0.1, -0.05) is 24.3 Å². The van der Waals surface area contributed by atoms with Crippen molar-refractivity contribution in [1.82, 2.24) is 0 Å². The van der Waals surface area contributed by atoms with Crippen molar-refractivity contribution in [2.24, 2.45) is 0 Å². The van der Waals surface area contributed by atoms with Gasteiger partial charge >= 0.3 is 0 Å². The van der Waals surface area contributed by atoms with Gasteiger partial charge in [0.15, 0.2) is 5.78 Å². The highest BCUT2D eigenvalue weighted by Crippen LogP contribution is 2.36. The lowest BCUT2D eigenvalue weighted by Crippen LogP contribution is -2.17. The summed E-state index contributed by atoms with van der Waals surface area (Å²) < 4.78 is 5.64. The van der Waals surface area contributed by atoms with Crippen molar-refractivity contribution >= 4 is 11.4 Å². The Hall–Kier alpha value is -1.57. The summed E-state index contributed by atoms with van der Waals surface area (Å²) in [5.41, 5.74) is 3.05. The van der Waals surface area contributed by atoms with Crippen LogP contribution in [0.15, 0.2) is 30.0 Å². The van der Waals surface area contributed by atoms with E-state index in [4.69, 9.17) is 4.74 Å². The Morgan fingerprint density at radius 2 is 2.00 bits per heavy atom. The van der Waals surface area contributed by atoms with Gasteiger partial charge in [-0.2, -0.15) is 0 Å². The number of hydrogen-bond donors (Lipinski definition) is 0. The standard InChI is InChI=1S/C13H12O2/c14-11-6-3-7-12-13(11)10-5-2-1-4-9(10)8-15-12/h1-2,4-5H,3,6-8H2. The smallest absolute Gasteiger partial charge is 0.166 e. The first-order valence-electron chi connectivity index (χ1n) is 5.33. The van der Waals surface area contributed by atoms with Crippen molar-refractivity contribution in [3.8, 4) is 0 Å². The zero-order valence-corrected chi connectivity index (χ0v) is 8.45. The Morgan fingerprint density at radius 3 is 2.93 bits per heavy atom. The number of rotatable bonds is 0. The van der Waals surface area contributed by atoms with Crippen LogP contribution in [-0.2, 0) is 16.1 Å². The SMILES string of the molecule is O=C1CCCC2=C1c1ccccc1CO2. The zero-order valence-electron chi connectivity index (χ0n) is 8.45. The first-order chi connectivity index (χ1) is 7.36. The van der Waals surface area contributed by atoms with E-state index in [1.807, 2.05) is 24.3 Å². The molecule has 0 bridgehead atoms. The van der Waals surface area contributed by atoms with Crippen LogP contribution in [0.3, 0.4) is 0 Å². The van der Waals surface area contributed by atoms with Crippen molar-refractivity contribution in [1.29, 1.82) is 0 Å². The van der Waals surface area contributed by atoms with Crippen LogP contribution in [0.25, 0.3) is 5.57 Å². The van der Waals surface area contributed by atoms with Crippen LogP contribution in [0.2, 0.25) is 0 Å². The average molecular weight is 200 g/mol. The molecular formula is C13H12O2. The lowest BCUT2D eigenvalue weighted by molar-refractivity contribution is -0.114. The van der Waals surface area contributed by atoms with Gasteiger partial charge in [0.05, 0.1) is 5.57 Å². The van der Waals surface area contributed by atoms with Crippen LogP contribution < -0.4 is 0 Å². The van der Waals surface area contributed by atoms with E-state index in [9.17, 15) is 4.79 Å². The summed E-state index contributed by atoms with van der Waals surface area (Å²) in [5, 5.41) is 0. The van der Waals surface area contributed by atoms with Crippen molar-refractivity contribution in [3.05, 3.63) is 41.2 Å². The fourth-order valence-corrected chi connectivity index (χ4v) is 2.31. The molecule has 2 aliphatic rings. The minimum atomic E-state index is 0.239. The summed E-state index contributed by atoms with van der Waals surface area (Å²) in [4.78, 5) is 11.9. The summed E-state index contributed by atoms with van der Waals surface area (Å²) in [6, 6.07) is 8.02. The fourth-order valence-electron chi connectivity index (χ4n) is 2.31. The van der Waals surface area contributed by atoms with E-state index in [0.717, 1.165) is 35.3 Å². The third-order valence-electron chi connectivity index (χ3n) is 3.05. The molecule has 1 heterocycles. The Kier molecular flexibility index (Phi) is 1.88. The molecule has 0 spiro atoms. The normalized spacial score (nSPS) is 19.3. The fraction of sp³-hybridized carbons (Fsp3) is 0.308. The molecule has 15 heavy (non-hydrogen) atoms. The molecule has 1 aromatic rings. The topological polar surface area (TPSA) is 26.3 Å². The van der Waals surface area contributed by atoms with E-state index in [-0.39, 0.29) is 5.78 Å². The van der Waals surface area contributed by atoms with Crippen LogP contribution in [0, 0.1) is 0 Å². The van der Waals surface area contributed by atoms with E-state index in [1.54, 1.807) is 0 Å². The second-order valence-corrected chi connectivity index (χ2v) is 4.02. The molecule has 2 heteroatoms. The van der Waals surface area contributed by atoms with E-state index in [2.05, 4.69) is 0 Å². The van der Waals surface area contributed by atoms with E-state index < -0.39 is 0 Å². The number of ketones is 1. The lowest BCUT2D eigenvalue weighted by Gasteiger charge is -2.26. The average Bonchev–Trinajstić information content (AvgIpc) is 2.29. The molecule has 1 aromatic carbocycles. The monoisotopic (exact) mass is 200 g/mol. The third-order valence-corrected chi connectivity index (χ3v) is 3.05. The zero-order chi connectivity index (χ0) is 10.3. The third kappa shape index (κ3) is 1.29. The molecule has 0 N–H and O–H groups in total. The Labute approximate surface area is 88.6 Å². The number of carbonyl (C=O) groups is 1. The van der Waals surface area contributed by atoms with E-state index >= 15 is 0 Å². The van der Waals surface area contributed by atoms with Crippen molar-refractivity contribution in [2.75, 3.05) is 0 Å². The summed E-state index contributed by atoms with van der Waals surface area (Å²) in [6.07, 6.45) is 2.51. The van der Waals surface area contributed by atoms with Gasteiger partial charge in [-0.05, 0) is 17.5 Å². The van der Waals surface area contributed by atoms with Crippen molar-refractivity contribution in [2.45, 2.75) is 25.9 Å². The van der Waals surface area contributed by atoms with Crippen LogP contribution in [-0.4, -0.2) is 5.78 Å². The number of hydrogen-bond acceptors (Lipinski definition) is 2. The first kappa shape index (κ1) is 8.72. The maximum absolute atomic E-state index is 11.9. The number of Topliss-reactive ketones (excluding diaryl/α,β-unsaturated/α-hetero) is 1. The molecule has 1 aliphatic heterocycles. The van der Waals surface area contributed by atoms with Gasteiger partial charge in [-0.25, -0.2) is 0 Å². The molecule has 0 saturated carbocycles. The van der Waals surface area contributed by atoms with Crippen LogP contribution in [0.5, 0.6) is 0 Å². The molecular weight excluding hydrogens is 188 g/mol.